The molecular formula is C23H24N2O3. The van der Waals surface area contributed by atoms with Crippen LogP contribution >= 0.6 is 0 Å². The van der Waals surface area contributed by atoms with Gasteiger partial charge in [0.25, 0.3) is 17.7 Å². The van der Waals surface area contributed by atoms with Gasteiger partial charge in [-0.1, -0.05) is 25.5 Å². The van der Waals surface area contributed by atoms with E-state index in [-0.39, 0.29) is 29.3 Å². The first-order valence-electron chi connectivity index (χ1n) is 9.78. The molecule has 2 aromatic carbocycles. The lowest BCUT2D eigenvalue weighted by molar-refractivity contribution is 0.0919. The van der Waals surface area contributed by atoms with E-state index in [1.807, 2.05) is 32.0 Å². The van der Waals surface area contributed by atoms with Crippen molar-refractivity contribution in [3.05, 3.63) is 64.2 Å². The molecule has 144 valence electrons. The second kappa shape index (κ2) is 6.89. The Bertz CT molecular complexity index is 995. The molecule has 4 rings (SSSR count). The molecule has 0 bridgehead atoms. The molecule has 1 aliphatic heterocycles. The molecule has 1 saturated carbocycles. The number of carbonyl (C=O) groups is 3. The predicted octanol–water partition coefficient (Wildman–Crippen LogP) is 4.02. The topological polar surface area (TPSA) is 66.5 Å². The standard InChI is InChI=1S/C23H24N2O3/c1-13-7-8-15(3)20(11-13)25-22(27)17-10-9-16(12-18(17)23(25)28)21(26)24-19-6-4-5-14(19)2/h7-12,14,19H,4-6H2,1-3H3,(H,24,26). The Hall–Kier alpha value is -2.95. The average molecular weight is 376 g/mol. The van der Waals surface area contributed by atoms with E-state index in [0.717, 1.165) is 30.4 Å². The summed E-state index contributed by atoms with van der Waals surface area (Å²) in [6.45, 7) is 5.94. The van der Waals surface area contributed by atoms with E-state index < -0.39 is 0 Å². The minimum Gasteiger partial charge on any atom is -0.349 e. The summed E-state index contributed by atoms with van der Waals surface area (Å²) in [4.78, 5) is 39.8. The molecule has 1 fully saturated rings. The zero-order chi connectivity index (χ0) is 20.0. The smallest absolute Gasteiger partial charge is 0.266 e. The molecule has 28 heavy (non-hydrogen) atoms. The van der Waals surface area contributed by atoms with Gasteiger partial charge < -0.3 is 5.32 Å². The molecule has 0 saturated heterocycles. The van der Waals surface area contributed by atoms with Gasteiger partial charge in [-0.05, 0) is 68.0 Å². The first-order valence-corrected chi connectivity index (χ1v) is 9.78. The summed E-state index contributed by atoms with van der Waals surface area (Å²) in [6.07, 6.45) is 3.22. The van der Waals surface area contributed by atoms with Crippen LogP contribution in [0.4, 0.5) is 5.69 Å². The fourth-order valence-corrected chi connectivity index (χ4v) is 4.17. The third-order valence-electron chi connectivity index (χ3n) is 5.93. The highest BCUT2D eigenvalue weighted by atomic mass is 16.2. The predicted molar refractivity (Wildman–Crippen MR) is 108 cm³/mol. The quantitative estimate of drug-likeness (QED) is 0.823. The number of nitrogens with one attached hydrogen (secondary N) is 1. The van der Waals surface area contributed by atoms with E-state index in [1.54, 1.807) is 18.2 Å². The molecule has 2 atom stereocenters. The second-order valence-electron chi connectivity index (χ2n) is 7.98. The minimum atomic E-state index is -0.377. The van der Waals surface area contributed by atoms with E-state index in [4.69, 9.17) is 0 Å². The number of amides is 3. The van der Waals surface area contributed by atoms with Gasteiger partial charge in [0.15, 0.2) is 0 Å². The summed E-state index contributed by atoms with van der Waals surface area (Å²) in [5.74, 6) is -0.448. The van der Waals surface area contributed by atoms with Crippen LogP contribution in [-0.2, 0) is 0 Å². The van der Waals surface area contributed by atoms with Crippen LogP contribution in [0.3, 0.4) is 0 Å². The van der Waals surface area contributed by atoms with Crippen molar-refractivity contribution >= 4 is 23.4 Å². The maximum absolute atomic E-state index is 13.0. The zero-order valence-corrected chi connectivity index (χ0v) is 16.4. The van der Waals surface area contributed by atoms with Crippen molar-refractivity contribution in [1.82, 2.24) is 5.32 Å². The van der Waals surface area contributed by atoms with E-state index in [9.17, 15) is 14.4 Å². The van der Waals surface area contributed by atoms with Crippen LogP contribution in [-0.4, -0.2) is 23.8 Å². The first kappa shape index (κ1) is 18.4. The van der Waals surface area contributed by atoms with Crippen LogP contribution in [0.1, 0.15) is 68.4 Å². The van der Waals surface area contributed by atoms with Crippen LogP contribution in [0.15, 0.2) is 36.4 Å². The van der Waals surface area contributed by atoms with Gasteiger partial charge in [0.2, 0.25) is 0 Å². The van der Waals surface area contributed by atoms with Crippen LogP contribution in [0, 0.1) is 19.8 Å². The number of anilines is 1. The number of rotatable bonds is 3. The fraction of sp³-hybridized carbons (Fsp3) is 0.348. The molecule has 3 amide bonds. The molecule has 5 heteroatoms. The number of fused-ring (bicyclic) bond motifs is 1. The van der Waals surface area contributed by atoms with Crippen molar-refractivity contribution in [2.45, 2.75) is 46.1 Å². The van der Waals surface area contributed by atoms with Crippen molar-refractivity contribution in [3.63, 3.8) is 0 Å². The monoisotopic (exact) mass is 376 g/mol. The SMILES string of the molecule is Cc1ccc(C)c(N2C(=O)c3ccc(C(=O)NC4CCCC4C)cc3C2=O)c1. The van der Waals surface area contributed by atoms with Crippen LogP contribution in [0.25, 0.3) is 0 Å². The highest BCUT2D eigenvalue weighted by Crippen LogP contribution is 2.32. The molecule has 0 spiro atoms. The van der Waals surface area contributed by atoms with E-state index in [2.05, 4.69) is 12.2 Å². The lowest BCUT2D eigenvalue weighted by Gasteiger charge is -2.17. The highest BCUT2D eigenvalue weighted by molar-refractivity contribution is 6.35. The van der Waals surface area contributed by atoms with Gasteiger partial charge in [-0.3, -0.25) is 14.4 Å². The third kappa shape index (κ3) is 3.01. The molecule has 1 N–H and O–H groups in total. The largest absolute Gasteiger partial charge is 0.349 e. The molecule has 1 heterocycles. The number of aryl methyl sites for hydroxylation is 2. The summed E-state index contributed by atoms with van der Waals surface area (Å²) in [5.41, 5.74) is 3.48. The van der Waals surface area contributed by atoms with Crippen LogP contribution < -0.4 is 10.2 Å². The summed E-state index contributed by atoms with van der Waals surface area (Å²) in [5, 5.41) is 3.07. The highest BCUT2D eigenvalue weighted by Gasteiger charge is 2.38. The number of carbonyl (C=O) groups excluding carboxylic acids is 3. The molecule has 2 unspecified atom stereocenters. The van der Waals surface area contributed by atoms with Gasteiger partial charge in [-0.2, -0.15) is 0 Å². The maximum atomic E-state index is 13.0. The number of nitrogens with zero attached hydrogens (tertiary/aromatic N) is 1. The molecule has 2 aliphatic rings. The summed E-state index contributed by atoms with van der Waals surface area (Å²) in [7, 11) is 0. The Morgan fingerprint density at radius 1 is 1.00 bits per heavy atom. The molecule has 2 aromatic rings. The van der Waals surface area contributed by atoms with Crippen LogP contribution in [0.5, 0.6) is 0 Å². The number of hydrogen-bond acceptors (Lipinski definition) is 3. The average Bonchev–Trinajstić information content (AvgIpc) is 3.18. The summed E-state index contributed by atoms with van der Waals surface area (Å²) < 4.78 is 0. The van der Waals surface area contributed by atoms with Gasteiger partial charge in [-0.15, -0.1) is 0 Å². The second-order valence-corrected chi connectivity index (χ2v) is 7.98. The first-order chi connectivity index (χ1) is 13.4. The molecule has 1 aliphatic carbocycles. The fourth-order valence-electron chi connectivity index (χ4n) is 4.17. The van der Waals surface area contributed by atoms with Crippen LogP contribution in [0.2, 0.25) is 0 Å². The lowest BCUT2D eigenvalue weighted by Crippen LogP contribution is -2.36. The van der Waals surface area contributed by atoms with Gasteiger partial charge in [0.1, 0.15) is 0 Å². The van der Waals surface area contributed by atoms with Crippen molar-refractivity contribution < 1.29 is 14.4 Å². The normalized spacial score (nSPS) is 21.2. The summed E-state index contributed by atoms with van der Waals surface area (Å²) >= 11 is 0. The van der Waals surface area contributed by atoms with Gasteiger partial charge >= 0.3 is 0 Å². The lowest BCUT2D eigenvalue weighted by atomic mass is 10.0. The molecule has 0 radical (unpaired) electrons. The molecule has 5 nitrogen and oxygen atoms in total. The minimum absolute atomic E-state index is 0.171. The van der Waals surface area contributed by atoms with E-state index >= 15 is 0 Å². The van der Waals surface area contributed by atoms with Gasteiger partial charge in [-0.25, -0.2) is 4.90 Å². The maximum Gasteiger partial charge on any atom is 0.266 e. The van der Waals surface area contributed by atoms with E-state index in [0.29, 0.717) is 22.7 Å². The zero-order valence-electron chi connectivity index (χ0n) is 16.4. The molecule has 0 aromatic heterocycles. The van der Waals surface area contributed by atoms with Crippen molar-refractivity contribution in [2.24, 2.45) is 5.92 Å². The van der Waals surface area contributed by atoms with E-state index in [1.165, 1.54) is 4.90 Å². The van der Waals surface area contributed by atoms with Gasteiger partial charge in [0, 0.05) is 11.6 Å². The Balaban J connectivity index is 1.64. The Morgan fingerprint density at radius 2 is 1.75 bits per heavy atom. The Labute approximate surface area is 164 Å². The Morgan fingerprint density at radius 3 is 2.46 bits per heavy atom. The van der Waals surface area contributed by atoms with Crippen molar-refractivity contribution in [3.8, 4) is 0 Å². The Kier molecular flexibility index (Phi) is 4.53. The molecular weight excluding hydrogens is 352 g/mol. The van der Waals surface area contributed by atoms with Crippen molar-refractivity contribution in [2.75, 3.05) is 4.90 Å². The third-order valence-corrected chi connectivity index (χ3v) is 5.93. The summed E-state index contributed by atoms with van der Waals surface area (Å²) in [6, 6.07) is 10.6. The van der Waals surface area contributed by atoms with Crippen molar-refractivity contribution in [1.29, 1.82) is 0 Å². The number of imide groups is 1. The van der Waals surface area contributed by atoms with Gasteiger partial charge in [0.05, 0.1) is 16.8 Å². The number of benzene rings is 2. The number of hydrogen-bond donors (Lipinski definition) is 1.